The van der Waals surface area contributed by atoms with Crippen LogP contribution in [0.2, 0.25) is 0 Å². The third-order valence-corrected chi connectivity index (χ3v) is 21.2. The summed E-state index contributed by atoms with van der Waals surface area (Å²) in [5.74, 6) is -1.16. The summed E-state index contributed by atoms with van der Waals surface area (Å²) in [6.07, 6.45) is 2.17. The van der Waals surface area contributed by atoms with E-state index in [0.29, 0.717) is 87.4 Å². The van der Waals surface area contributed by atoms with Gasteiger partial charge in [0.1, 0.15) is 24.2 Å². The molecule has 78 heavy (non-hydrogen) atoms. The van der Waals surface area contributed by atoms with Gasteiger partial charge < -0.3 is 34.6 Å². The molecule has 0 aliphatic carbocycles. The number of nitrogens with one attached hydrogen (secondary N) is 2. The van der Waals surface area contributed by atoms with Crippen molar-refractivity contribution in [2.45, 2.75) is 113 Å². The summed E-state index contributed by atoms with van der Waals surface area (Å²) < 4.78 is 85.7. The van der Waals surface area contributed by atoms with E-state index in [4.69, 9.17) is 18.4 Å². The Morgan fingerprint density at radius 3 is 1.94 bits per heavy atom. The number of ether oxygens (including phenoxy) is 3. The molecule has 0 spiro atoms. The van der Waals surface area contributed by atoms with Crippen LogP contribution in [0, 0.1) is 12.8 Å². The number of carbonyl (C=O) groups excluding carboxylic acids is 4. The highest BCUT2D eigenvalue weighted by atomic mass is 33.1. The van der Waals surface area contributed by atoms with Crippen LogP contribution < -0.4 is 34.6 Å². The minimum absolute atomic E-state index is 0.00239. The van der Waals surface area contributed by atoms with Crippen molar-refractivity contribution < 1.29 is 59.0 Å². The molecule has 5 aromatic carbocycles. The molecule has 5 aromatic rings. The molecule has 0 saturated carbocycles. The van der Waals surface area contributed by atoms with Crippen LogP contribution >= 0.6 is 21.6 Å². The van der Waals surface area contributed by atoms with Crippen LogP contribution in [-0.4, -0.2) is 99.4 Å². The predicted octanol–water partition coefficient (Wildman–Crippen LogP) is 8.67. The lowest BCUT2D eigenvalue weighted by molar-refractivity contribution is -0.120. The Balaban J connectivity index is 0.999. The van der Waals surface area contributed by atoms with Gasteiger partial charge in [-0.25, -0.2) is 0 Å². The molecule has 17 nitrogen and oxygen atoms in total. The van der Waals surface area contributed by atoms with E-state index in [1.165, 1.54) is 7.11 Å². The number of amides is 4. The van der Waals surface area contributed by atoms with E-state index in [1.807, 2.05) is 82.3 Å². The largest absolute Gasteiger partial charge is 0.493 e. The molecule has 0 radical (unpaired) electrons. The van der Waals surface area contributed by atoms with E-state index < -0.39 is 54.0 Å². The fourth-order valence-electron chi connectivity index (χ4n) is 11.1. The van der Waals surface area contributed by atoms with Gasteiger partial charge in [0.2, 0.25) is 11.8 Å². The summed E-state index contributed by atoms with van der Waals surface area (Å²) in [4.78, 5) is 57.9. The van der Waals surface area contributed by atoms with E-state index in [0.717, 1.165) is 18.2 Å². The van der Waals surface area contributed by atoms with Gasteiger partial charge in [0.05, 0.1) is 26.0 Å². The second kappa shape index (κ2) is 22.9. The Morgan fingerprint density at radius 2 is 1.32 bits per heavy atom. The lowest BCUT2D eigenvalue weighted by Gasteiger charge is -2.28. The first-order valence-electron chi connectivity index (χ1n) is 25.7. The molecule has 414 valence electrons. The predicted molar refractivity (Wildman–Crippen MR) is 303 cm³/mol. The quantitative estimate of drug-likeness (QED) is 0.0377. The molecule has 4 heterocycles. The fourth-order valence-corrected chi connectivity index (χ4v) is 15.8. The van der Waals surface area contributed by atoms with E-state index in [9.17, 15) is 40.6 Å². The third kappa shape index (κ3) is 12.4. The molecule has 9 rings (SSSR count). The van der Waals surface area contributed by atoms with Crippen LogP contribution in [0.1, 0.15) is 99.7 Å². The second-order valence-electron chi connectivity index (χ2n) is 21.0. The average molecular weight is 1140 g/mol. The zero-order valence-electron chi connectivity index (χ0n) is 44.5. The van der Waals surface area contributed by atoms with Crippen LogP contribution in [-0.2, 0) is 72.9 Å². The van der Waals surface area contributed by atoms with Gasteiger partial charge in [0.15, 0.2) is 11.5 Å². The maximum atomic E-state index is 14.5. The minimum atomic E-state index is -4.44. The first kappa shape index (κ1) is 56.6. The van der Waals surface area contributed by atoms with E-state index >= 15 is 0 Å². The average Bonchev–Trinajstić information content (AvgIpc) is 4.06. The SMILES string of the molecule is CNC(=O)CCC(C)SSC(C)(C)CC(=O)Nc1cc(COc2cc3c(cc2C)C(=O)N2c4ccccc4C[C@H]2C(S(=O)(=O)OC)C3)cc(COc2cc3c(cc2OC)C(=O)N2c4ccccc4C[C@H]2C(CS(=O)(=O)O)C3)c1. The Bertz CT molecular complexity index is 3410. The van der Waals surface area contributed by atoms with Gasteiger partial charge in [-0.15, -0.1) is 0 Å². The van der Waals surface area contributed by atoms with Crippen molar-refractivity contribution in [3.8, 4) is 17.2 Å². The molecule has 4 aliphatic heterocycles. The summed E-state index contributed by atoms with van der Waals surface area (Å²) in [5.41, 5.74) is 7.20. The minimum Gasteiger partial charge on any atom is -0.493 e. The topological polar surface area (TPSA) is 224 Å². The highest BCUT2D eigenvalue weighted by molar-refractivity contribution is 8.77. The first-order chi connectivity index (χ1) is 37.0. The van der Waals surface area contributed by atoms with Gasteiger partial charge in [-0.2, -0.15) is 16.8 Å². The number of hydrogen-bond acceptors (Lipinski definition) is 14. The highest BCUT2D eigenvalue weighted by Gasteiger charge is 2.48. The van der Waals surface area contributed by atoms with Crippen molar-refractivity contribution in [3.05, 3.63) is 141 Å². The summed E-state index contributed by atoms with van der Waals surface area (Å²) in [5, 5.41) is 4.83. The molecule has 0 aromatic heterocycles. The van der Waals surface area contributed by atoms with Crippen LogP contribution in [0.3, 0.4) is 0 Å². The Labute approximate surface area is 463 Å². The summed E-state index contributed by atoms with van der Waals surface area (Å²) >= 11 is 0. The van der Waals surface area contributed by atoms with Crippen LogP contribution in [0.15, 0.2) is 91.0 Å². The number of nitrogens with zero attached hydrogens (tertiary/aromatic N) is 2. The molecule has 0 bridgehead atoms. The van der Waals surface area contributed by atoms with Gasteiger partial charge in [0, 0.05) is 70.0 Å². The van der Waals surface area contributed by atoms with E-state index in [1.54, 1.807) is 74.8 Å². The molecular weight excluding hydrogens is 1080 g/mol. The molecule has 0 saturated heterocycles. The maximum absolute atomic E-state index is 14.5. The maximum Gasteiger partial charge on any atom is 0.272 e. The lowest BCUT2D eigenvalue weighted by atomic mass is 9.91. The standard InChI is InChI=1S/C57H64N4O13S4/c1-33-18-43-40(27-52(78(69,70)72-7)48-24-38-13-9-11-15-46(38)61(48)55(43)64)25-49(33)73-30-35-19-36(21-42(20-35)59-54(63)29-57(3,4)76-75-34(2)16-17-53(62)58-5)31-74-51-26-39-22-41(32-77(66,67)68)47-23-37-12-8-10-14-45(37)60(47)56(65)44(39)28-50(51)71-6/h8-15,18-21,25-26,28,34,41,47-48,52H,16-17,22-24,27,29-32H2,1-7H3,(H,58,62)(H,59,63)(H,66,67,68)/t34?,41?,47-,48-,52?/m0/s1. The first-order valence-corrected chi connectivity index (χ1v) is 31.0. The number of hydrogen-bond donors (Lipinski definition) is 3. The number of anilines is 3. The number of para-hydroxylation sites is 2. The molecule has 3 unspecified atom stereocenters. The van der Waals surface area contributed by atoms with Gasteiger partial charge in [-0.05, 0) is 146 Å². The number of aryl methyl sites for hydroxylation is 1. The van der Waals surface area contributed by atoms with Crippen LogP contribution in [0.5, 0.6) is 17.2 Å². The molecule has 3 N–H and O–H groups in total. The van der Waals surface area contributed by atoms with Crippen molar-refractivity contribution in [1.29, 1.82) is 0 Å². The Hall–Kier alpha value is -6.10. The van der Waals surface area contributed by atoms with Gasteiger partial charge in [-0.1, -0.05) is 64.9 Å². The summed E-state index contributed by atoms with van der Waals surface area (Å²) in [7, 11) is -1.15. The Morgan fingerprint density at radius 1 is 0.744 bits per heavy atom. The van der Waals surface area contributed by atoms with E-state index in [-0.39, 0.29) is 72.9 Å². The molecule has 4 aliphatic rings. The lowest BCUT2D eigenvalue weighted by Crippen LogP contribution is -2.47. The molecule has 4 amide bonds. The smallest absolute Gasteiger partial charge is 0.272 e. The van der Waals surface area contributed by atoms with E-state index in [2.05, 4.69) is 10.6 Å². The van der Waals surface area contributed by atoms with Crippen molar-refractivity contribution in [3.63, 3.8) is 0 Å². The zero-order valence-corrected chi connectivity index (χ0v) is 47.8. The number of methoxy groups -OCH3 is 1. The molecule has 5 atom stereocenters. The third-order valence-electron chi connectivity index (χ3n) is 14.8. The van der Waals surface area contributed by atoms with Crippen molar-refractivity contribution in [1.82, 2.24) is 5.32 Å². The summed E-state index contributed by atoms with van der Waals surface area (Å²) in [6, 6.07) is 25.8. The highest BCUT2D eigenvalue weighted by Crippen LogP contribution is 2.45. The normalized spacial score (nSPS) is 19.0. The monoisotopic (exact) mass is 1140 g/mol. The second-order valence-corrected chi connectivity index (χ2v) is 27.8. The van der Waals surface area contributed by atoms with Gasteiger partial charge >= 0.3 is 0 Å². The van der Waals surface area contributed by atoms with Crippen molar-refractivity contribution in [2.75, 3.05) is 42.1 Å². The number of rotatable bonds is 20. The van der Waals surface area contributed by atoms with Crippen molar-refractivity contribution >= 4 is 82.5 Å². The van der Waals surface area contributed by atoms with Gasteiger partial charge in [-0.3, -0.25) is 27.9 Å². The number of benzene rings is 5. The Kier molecular flexibility index (Phi) is 16.6. The molecular formula is C57H64N4O13S4. The molecule has 21 heteroatoms. The summed E-state index contributed by atoms with van der Waals surface area (Å²) in [6.45, 7) is 7.77. The zero-order chi connectivity index (χ0) is 55.8. The fraction of sp³-hybridized carbons (Fsp3) is 0.404. The van der Waals surface area contributed by atoms with Gasteiger partial charge in [0.25, 0.3) is 32.1 Å². The van der Waals surface area contributed by atoms with Crippen LogP contribution in [0.25, 0.3) is 0 Å². The number of carbonyl (C=O) groups is 4. The van der Waals surface area contributed by atoms with Crippen molar-refractivity contribution in [2.24, 2.45) is 5.92 Å². The van der Waals surface area contributed by atoms with Crippen LogP contribution in [0.4, 0.5) is 17.1 Å². The molecule has 0 fully saturated rings. The number of fused-ring (bicyclic) bond motifs is 8.